The molecule has 0 aromatic heterocycles. The van der Waals surface area contributed by atoms with E-state index in [1.807, 2.05) is 0 Å². The molecular formula is C13H32N2. The minimum Gasteiger partial charge on any atom is -0.306 e. The predicted molar refractivity (Wildman–Crippen MR) is 71.5 cm³/mol. The summed E-state index contributed by atoms with van der Waals surface area (Å²) < 4.78 is 0. The molecule has 0 amide bonds. The molecule has 0 radical (unpaired) electrons. The predicted octanol–water partition coefficient (Wildman–Crippen LogP) is 3.09. The van der Waals surface area contributed by atoms with Crippen LogP contribution in [0.2, 0.25) is 0 Å². The number of rotatable bonds is 0. The molecule has 2 saturated heterocycles. The van der Waals surface area contributed by atoms with Crippen LogP contribution in [0, 0.1) is 0 Å². The molecule has 2 nitrogen and oxygen atoms in total. The van der Waals surface area contributed by atoms with Crippen LogP contribution in [-0.2, 0) is 0 Å². The smallest absolute Gasteiger partial charge is 0.00213 e. The molecule has 94 valence electrons. The zero-order chi connectivity index (χ0) is 9.52. The van der Waals surface area contributed by atoms with Gasteiger partial charge in [0.15, 0.2) is 0 Å². The Bertz CT molecular complexity index is 114. The Kier molecular flexibility index (Phi) is 12.1. The van der Waals surface area contributed by atoms with Crippen LogP contribution >= 0.6 is 0 Å². The van der Waals surface area contributed by atoms with Crippen molar-refractivity contribution >= 4 is 0 Å². The van der Waals surface area contributed by atoms with Crippen molar-refractivity contribution in [3.05, 3.63) is 0 Å². The third-order valence-corrected chi connectivity index (χ3v) is 2.91. The second kappa shape index (κ2) is 10.4. The van der Waals surface area contributed by atoms with E-state index in [1.54, 1.807) is 0 Å². The average Bonchev–Trinajstić information content (AvgIpc) is 2.58. The van der Waals surface area contributed by atoms with E-state index in [1.165, 1.54) is 58.3 Å². The lowest BCUT2D eigenvalue weighted by molar-refractivity contribution is 0.277. The maximum atomic E-state index is 2.39. The van der Waals surface area contributed by atoms with Crippen molar-refractivity contribution in [2.75, 3.05) is 40.3 Å². The van der Waals surface area contributed by atoms with Gasteiger partial charge in [0.2, 0.25) is 0 Å². The van der Waals surface area contributed by atoms with E-state index in [0.29, 0.717) is 0 Å². The largest absolute Gasteiger partial charge is 0.306 e. The molecule has 2 aliphatic heterocycles. The maximum Gasteiger partial charge on any atom is -0.00213 e. The molecule has 0 atom stereocenters. The van der Waals surface area contributed by atoms with Crippen LogP contribution in [0.3, 0.4) is 0 Å². The van der Waals surface area contributed by atoms with Crippen LogP contribution in [0.4, 0.5) is 0 Å². The van der Waals surface area contributed by atoms with Crippen molar-refractivity contribution in [2.45, 2.75) is 47.0 Å². The Morgan fingerprint density at radius 3 is 0.933 bits per heavy atom. The molecule has 2 aliphatic rings. The first-order valence-electron chi connectivity index (χ1n) is 5.66. The zero-order valence-electron chi connectivity index (χ0n) is 9.26. The Labute approximate surface area is 97.6 Å². The average molecular weight is 216 g/mol. The van der Waals surface area contributed by atoms with Crippen LogP contribution in [0.25, 0.3) is 0 Å². The first kappa shape index (κ1) is 17.3. The molecule has 15 heavy (non-hydrogen) atoms. The lowest BCUT2D eigenvalue weighted by Crippen LogP contribution is -2.24. The summed E-state index contributed by atoms with van der Waals surface area (Å²) in [6.45, 7) is 5.28. The molecule has 0 aromatic rings. The van der Waals surface area contributed by atoms with Crippen LogP contribution in [0.1, 0.15) is 47.0 Å². The van der Waals surface area contributed by atoms with Gasteiger partial charge < -0.3 is 9.80 Å². The summed E-state index contributed by atoms with van der Waals surface area (Å²) in [5, 5.41) is 0. The zero-order valence-corrected chi connectivity index (χ0v) is 9.26. The lowest BCUT2D eigenvalue weighted by atomic mass is 10.1. The number of hydrogen-bond acceptors (Lipinski definition) is 2. The van der Waals surface area contributed by atoms with E-state index in [2.05, 4.69) is 23.9 Å². The molecule has 0 aliphatic carbocycles. The second-order valence-electron chi connectivity index (χ2n) is 4.37. The standard InChI is InChI=1S/C6H13N.C5H11N.2CH4/c1-7-5-3-2-4-6-7;1-6-4-2-3-5-6;;/h2-6H2,1H3;2-5H2,1H3;2*1H4. The summed E-state index contributed by atoms with van der Waals surface area (Å²) in [5.41, 5.74) is 0. The molecule has 2 fully saturated rings. The highest BCUT2D eigenvalue weighted by molar-refractivity contribution is 4.59. The molecule has 0 N–H and O–H groups in total. The highest BCUT2D eigenvalue weighted by Crippen LogP contribution is 2.04. The van der Waals surface area contributed by atoms with E-state index in [9.17, 15) is 0 Å². The van der Waals surface area contributed by atoms with Crippen LogP contribution in [0.5, 0.6) is 0 Å². The van der Waals surface area contributed by atoms with Crippen molar-refractivity contribution in [1.29, 1.82) is 0 Å². The molecular weight excluding hydrogens is 184 g/mol. The summed E-state index contributed by atoms with van der Waals surface area (Å²) in [6, 6.07) is 0. The van der Waals surface area contributed by atoms with Gasteiger partial charge in [-0.1, -0.05) is 21.3 Å². The van der Waals surface area contributed by atoms with Gasteiger partial charge in [0.25, 0.3) is 0 Å². The fourth-order valence-corrected chi connectivity index (χ4v) is 1.93. The summed E-state index contributed by atoms with van der Waals surface area (Å²) in [5.74, 6) is 0. The molecule has 0 saturated carbocycles. The Balaban J connectivity index is 0. The van der Waals surface area contributed by atoms with Crippen LogP contribution < -0.4 is 0 Å². The van der Waals surface area contributed by atoms with E-state index >= 15 is 0 Å². The molecule has 2 heteroatoms. The topological polar surface area (TPSA) is 6.48 Å². The van der Waals surface area contributed by atoms with Crippen LogP contribution in [0.15, 0.2) is 0 Å². The Morgan fingerprint density at radius 2 is 0.800 bits per heavy atom. The minimum absolute atomic E-state index is 0. The molecule has 0 aromatic carbocycles. The van der Waals surface area contributed by atoms with Gasteiger partial charge in [0.05, 0.1) is 0 Å². The fourth-order valence-electron chi connectivity index (χ4n) is 1.93. The first-order chi connectivity index (χ1) is 6.29. The second-order valence-corrected chi connectivity index (χ2v) is 4.37. The quantitative estimate of drug-likeness (QED) is 0.614. The van der Waals surface area contributed by atoms with Crippen molar-refractivity contribution in [3.63, 3.8) is 0 Å². The highest BCUT2D eigenvalue weighted by Gasteiger charge is 2.03. The van der Waals surface area contributed by atoms with Gasteiger partial charge in [-0.25, -0.2) is 0 Å². The summed E-state index contributed by atoms with van der Waals surface area (Å²) in [7, 11) is 4.37. The monoisotopic (exact) mass is 216 g/mol. The van der Waals surface area contributed by atoms with Gasteiger partial charge >= 0.3 is 0 Å². The number of likely N-dealkylation sites (tertiary alicyclic amines) is 2. The fraction of sp³-hybridized carbons (Fsp3) is 1.00. The molecule has 2 heterocycles. The van der Waals surface area contributed by atoms with Crippen molar-refractivity contribution < 1.29 is 0 Å². The van der Waals surface area contributed by atoms with E-state index < -0.39 is 0 Å². The molecule has 0 spiro atoms. The number of piperidine rings is 1. The first-order valence-corrected chi connectivity index (χ1v) is 5.66. The maximum absolute atomic E-state index is 2.39. The van der Waals surface area contributed by atoms with Crippen molar-refractivity contribution in [1.82, 2.24) is 9.80 Å². The third kappa shape index (κ3) is 8.88. The SMILES string of the molecule is C.C.CN1CCCC1.CN1CCCCC1. The Morgan fingerprint density at radius 1 is 0.533 bits per heavy atom. The normalized spacial score (nSPS) is 22.0. The Hall–Kier alpha value is -0.0800. The third-order valence-electron chi connectivity index (χ3n) is 2.91. The molecule has 0 unspecified atom stereocenters. The summed E-state index contributed by atoms with van der Waals surface area (Å²) in [6.07, 6.45) is 7.10. The lowest BCUT2D eigenvalue weighted by Gasteiger charge is -2.20. The minimum atomic E-state index is 0. The van der Waals surface area contributed by atoms with Gasteiger partial charge in [0, 0.05) is 0 Å². The van der Waals surface area contributed by atoms with Gasteiger partial charge in [-0.2, -0.15) is 0 Å². The van der Waals surface area contributed by atoms with Gasteiger partial charge in [-0.3, -0.25) is 0 Å². The van der Waals surface area contributed by atoms with Gasteiger partial charge in [-0.05, 0) is 66.0 Å². The number of nitrogens with zero attached hydrogens (tertiary/aromatic N) is 2. The van der Waals surface area contributed by atoms with Crippen molar-refractivity contribution in [3.8, 4) is 0 Å². The highest BCUT2D eigenvalue weighted by atomic mass is 15.1. The molecule has 2 rings (SSSR count). The van der Waals surface area contributed by atoms with Gasteiger partial charge in [0.1, 0.15) is 0 Å². The van der Waals surface area contributed by atoms with Crippen LogP contribution in [-0.4, -0.2) is 50.1 Å². The van der Waals surface area contributed by atoms with Crippen molar-refractivity contribution in [2.24, 2.45) is 0 Å². The number of hydrogen-bond donors (Lipinski definition) is 0. The van der Waals surface area contributed by atoms with E-state index in [0.717, 1.165) is 0 Å². The molecule has 0 bridgehead atoms. The van der Waals surface area contributed by atoms with E-state index in [-0.39, 0.29) is 14.9 Å². The van der Waals surface area contributed by atoms with E-state index in [4.69, 9.17) is 0 Å². The summed E-state index contributed by atoms with van der Waals surface area (Å²) in [4.78, 5) is 4.75. The van der Waals surface area contributed by atoms with Gasteiger partial charge in [-0.15, -0.1) is 0 Å². The summed E-state index contributed by atoms with van der Waals surface area (Å²) >= 11 is 0.